The number of thiocarbonyl (C=S) groups is 1. The van der Waals surface area contributed by atoms with Gasteiger partial charge in [0.05, 0.1) is 13.7 Å². The van der Waals surface area contributed by atoms with Gasteiger partial charge in [0.15, 0.2) is 5.11 Å². The van der Waals surface area contributed by atoms with Gasteiger partial charge in [0.25, 0.3) is 0 Å². The lowest BCUT2D eigenvalue weighted by Crippen LogP contribution is -2.52. The molecule has 7 heteroatoms. The number of piperazine rings is 1. The maximum Gasteiger partial charge on any atom is 0.236 e. The molecule has 1 amide bonds. The molecule has 3 rings (SSSR count). The molecule has 148 valence electrons. The minimum Gasteiger partial charge on any atom is -0.497 e. The molecule has 0 bridgehead atoms. The average Bonchev–Trinajstić information content (AvgIpc) is 2.99. The molecular weight excluding hydrogens is 360 g/mol. The molecule has 1 N–H and O–H groups in total. The Morgan fingerprint density at radius 3 is 2.19 bits per heavy atom. The van der Waals surface area contributed by atoms with Crippen molar-refractivity contribution in [3.05, 3.63) is 24.3 Å². The Kier molecular flexibility index (Phi) is 7.29. The van der Waals surface area contributed by atoms with E-state index >= 15 is 0 Å². The monoisotopic (exact) mass is 390 g/mol. The van der Waals surface area contributed by atoms with Crippen LogP contribution in [0.2, 0.25) is 0 Å². The molecule has 2 heterocycles. The Bertz CT molecular complexity index is 621. The summed E-state index contributed by atoms with van der Waals surface area (Å²) < 4.78 is 5.18. The van der Waals surface area contributed by atoms with Crippen molar-refractivity contribution >= 4 is 28.9 Å². The number of hydrogen-bond acceptors (Lipinski definition) is 4. The second-order valence-corrected chi connectivity index (χ2v) is 7.60. The number of likely N-dealkylation sites (tertiary alicyclic amines) is 1. The summed E-state index contributed by atoms with van der Waals surface area (Å²) in [6.07, 6.45) is 4.79. The summed E-state index contributed by atoms with van der Waals surface area (Å²) in [7, 11) is 1.66. The lowest BCUT2D eigenvalue weighted by Gasteiger charge is -2.36. The van der Waals surface area contributed by atoms with Crippen molar-refractivity contribution in [3.63, 3.8) is 0 Å². The topological polar surface area (TPSA) is 48.1 Å². The van der Waals surface area contributed by atoms with E-state index in [1.807, 2.05) is 24.3 Å². The van der Waals surface area contributed by atoms with Crippen LogP contribution in [0.3, 0.4) is 0 Å². The molecule has 0 radical (unpaired) electrons. The summed E-state index contributed by atoms with van der Waals surface area (Å²) in [5, 5.41) is 4.02. The number of nitrogens with one attached hydrogen (secondary N) is 1. The average molecular weight is 391 g/mol. The Morgan fingerprint density at radius 2 is 1.59 bits per heavy atom. The molecule has 0 spiro atoms. The summed E-state index contributed by atoms with van der Waals surface area (Å²) >= 11 is 5.55. The van der Waals surface area contributed by atoms with Gasteiger partial charge in [-0.3, -0.25) is 9.69 Å². The van der Waals surface area contributed by atoms with E-state index in [1.165, 1.54) is 12.8 Å². The van der Waals surface area contributed by atoms with E-state index in [0.717, 1.165) is 68.7 Å². The SMILES string of the molecule is COc1ccc(NC(=S)N2CCN(CC(=O)N3CCCCCC3)CC2)cc1. The van der Waals surface area contributed by atoms with Crippen molar-refractivity contribution < 1.29 is 9.53 Å². The van der Waals surface area contributed by atoms with E-state index < -0.39 is 0 Å². The molecule has 1 aromatic carbocycles. The Hall–Kier alpha value is -1.86. The van der Waals surface area contributed by atoms with Crippen LogP contribution in [0, 0.1) is 0 Å². The first-order valence-electron chi connectivity index (χ1n) is 9.86. The van der Waals surface area contributed by atoms with Crippen LogP contribution in [-0.4, -0.2) is 78.6 Å². The highest BCUT2D eigenvalue weighted by Gasteiger charge is 2.23. The maximum absolute atomic E-state index is 12.6. The predicted molar refractivity (Wildman–Crippen MR) is 112 cm³/mol. The fourth-order valence-electron chi connectivity index (χ4n) is 3.60. The first-order valence-corrected chi connectivity index (χ1v) is 10.3. The third-order valence-electron chi connectivity index (χ3n) is 5.32. The maximum atomic E-state index is 12.6. The summed E-state index contributed by atoms with van der Waals surface area (Å²) in [6.45, 7) is 5.80. The van der Waals surface area contributed by atoms with Gasteiger partial charge >= 0.3 is 0 Å². The Balaban J connectivity index is 1.42. The number of hydrogen-bond donors (Lipinski definition) is 1. The predicted octanol–water partition coefficient (Wildman–Crippen LogP) is 2.41. The van der Waals surface area contributed by atoms with Crippen molar-refractivity contribution in [3.8, 4) is 5.75 Å². The van der Waals surface area contributed by atoms with Gasteiger partial charge in [0.1, 0.15) is 5.75 Å². The van der Waals surface area contributed by atoms with Crippen LogP contribution in [-0.2, 0) is 4.79 Å². The number of rotatable bonds is 4. The smallest absolute Gasteiger partial charge is 0.236 e. The normalized spacial score (nSPS) is 18.7. The van der Waals surface area contributed by atoms with E-state index in [2.05, 4.69) is 20.0 Å². The van der Waals surface area contributed by atoms with Crippen molar-refractivity contribution in [2.75, 3.05) is 58.2 Å². The van der Waals surface area contributed by atoms with E-state index in [-0.39, 0.29) is 5.91 Å². The van der Waals surface area contributed by atoms with E-state index in [0.29, 0.717) is 6.54 Å². The summed E-state index contributed by atoms with van der Waals surface area (Å²) in [6, 6.07) is 7.75. The van der Waals surface area contributed by atoms with E-state index in [4.69, 9.17) is 17.0 Å². The third-order valence-corrected chi connectivity index (χ3v) is 5.68. The first kappa shape index (κ1) is 19.9. The van der Waals surface area contributed by atoms with Crippen LogP contribution in [0.4, 0.5) is 5.69 Å². The zero-order chi connectivity index (χ0) is 19.1. The number of amides is 1. The van der Waals surface area contributed by atoms with Gasteiger partial charge in [-0.1, -0.05) is 12.8 Å². The summed E-state index contributed by atoms with van der Waals surface area (Å²) in [4.78, 5) is 19.0. The highest BCUT2D eigenvalue weighted by molar-refractivity contribution is 7.80. The second-order valence-electron chi connectivity index (χ2n) is 7.22. The minimum atomic E-state index is 0.282. The van der Waals surface area contributed by atoms with Crippen molar-refractivity contribution in [2.45, 2.75) is 25.7 Å². The van der Waals surface area contributed by atoms with Crippen LogP contribution >= 0.6 is 12.2 Å². The molecule has 0 aliphatic carbocycles. The lowest BCUT2D eigenvalue weighted by molar-refractivity contribution is -0.132. The van der Waals surface area contributed by atoms with Crippen molar-refractivity contribution in [1.82, 2.24) is 14.7 Å². The highest BCUT2D eigenvalue weighted by Crippen LogP contribution is 2.16. The largest absolute Gasteiger partial charge is 0.497 e. The molecule has 0 aromatic heterocycles. The van der Waals surface area contributed by atoms with Crippen LogP contribution in [0.1, 0.15) is 25.7 Å². The van der Waals surface area contributed by atoms with Gasteiger partial charge in [-0.2, -0.15) is 0 Å². The standard InChI is InChI=1S/C20H30N4O2S/c1-26-18-8-6-17(7-9-18)21-20(27)24-14-12-22(13-15-24)16-19(25)23-10-4-2-3-5-11-23/h6-9H,2-5,10-16H2,1H3,(H,21,27). The molecule has 1 aromatic rings. The number of nitrogens with zero attached hydrogens (tertiary/aromatic N) is 3. The van der Waals surface area contributed by atoms with Crippen molar-refractivity contribution in [1.29, 1.82) is 0 Å². The molecule has 2 saturated heterocycles. The molecule has 2 fully saturated rings. The number of carbonyl (C=O) groups excluding carboxylic acids is 1. The third kappa shape index (κ3) is 5.81. The fourth-order valence-corrected chi connectivity index (χ4v) is 3.90. The number of methoxy groups -OCH3 is 1. The van der Waals surface area contributed by atoms with Crippen molar-refractivity contribution in [2.24, 2.45) is 0 Å². The van der Waals surface area contributed by atoms with Gasteiger partial charge in [-0.15, -0.1) is 0 Å². The lowest BCUT2D eigenvalue weighted by atomic mass is 10.2. The Labute approximate surface area is 167 Å². The van der Waals surface area contributed by atoms with Crippen LogP contribution in [0.15, 0.2) is 24.3 Å². The molecule has 0 unspecified atom stereocenters. The van der Waals surface area contributed by atoms with E-state index in [1.54, 1.807) is 7.11 Å². The minimum absolute atomic E-state index is 0.282. The van der Waals surface area contributed by atoms with Crippen LogP contribution < -0.4 is 10.1 Å². The quantitative estimate of drug-likeness (QED) is 0.797. The zero-order valence-electron chi connectivity index (χ0n) is 16.2. The summed E-state index contributed by atoms with van der Waals surface area (Å²) in [5.74, 6) is 1.11. The number of ether oxygens (including phenoxy) is 1. The zero-order valence-corrected chi connectivity index (χ0v) is 17.0. The molecular formula is C20H30N4O2S. The molecule has 2 aliphatic rings. The van der Waals surface area contributed by atoms with Gasteiger partial charge in [0, 0.05) is 45.0 Å². The van der Waals surface area contributed by atoms with E-state index in [9.17, 15) is 4.79 Å². The molecule has 0 atom stereocenters. The number of benzene rings is 1. The Morgan fingerprint density at radius 1 is 0.963 bits per heavy atom. The molecule has 0 saturated carbocycles. The van der Waals surface area contributed by atoms with Gasteiger partial charge in [0.2, 0.25) is 5.91 Å². The highest BCUT2D eigenvalue weighted by atomic mass is 32.1. The van der Waals surface area contributed by atoms with Gasteiger partial charge < -0.3 is 19.9 Å². The molecule has 27 heavy (non-hydrogen) atoms. The van der Waals surface area contributed by atoms with Crippen LogP contribution in [0.5, 0.6) is 5.75 Å². The van der Waals surface area contributed by atoms with Gasteiger partial charge in [-0.05, 0) is 49.3 Å². The second kappa shape index (κ2) is 9.90. The summed E-state index contributed by atoms with van der Waals surface area (Å²) in [5.41, 5.74) is 0.958. The number of carbonyl (C=O) groups is 1. The molecule has 6 nitrogen and oxygen atoms in total. The molecule has 2 aliphatic heterocycles. The first-order chi connectivity index (χ1) is 13.2. The van der Waals surface area contributed by atoms with Gasteiger partial charge in [-0.25, -0.2) is 0 Å². The van der Waals surface area contributed by atoms with Crippen LogP contribution in [0.25, 0.3) is 0 Å². The fraction of sp³-hybridized carbons (Fsp3) is 0.600. The number of anilines is 1.